The molecule has 0 amide bonds. The molecular formula is C24H29NP2. The van der Waals surface area contributed by atoms with Gasteiger partial charge in [0.25, 0.3) is 0 Å². The molecular weight excluding hydrogens is 364 g/mol. The van der Waals surface area contributed by atoms with Crippen LogP contribution in [0.25, 0.3) is 0 Å². The van der Waals surface area contributed by atoms with Gasteiger partial charge in [-0.15, -0.1) is 0 Å². The highest BCUT2D eigenvalue weighted by Crippen LogP contribution is 2.40. The first kappa shape index (κ1) is 20.2. The van der Waals surface area contributed by atoms with Gasteiger partial charge in [0, 0.05) is 0 Å². The molecule has 140 valence electrons. The fraction of sp³-hybridized carbons (Fsp3) is 0.250. The van der Waals surface area contributed by atoms with E-state index in [2.05, 4.69) is 91.0 Å². The van der Waals surface area contributed by atoms with E-state index >= 15 is 0 Å². The molecule has 2 N–H and O–H groups in total. The highest BCUT2D eigenvalue weighted by Gasteiger charge is 2.15. The molecule has 0 aromatic heterocycles. The van der Waals surface area contributed by atoms with Gasteiger partial charge >= 0.3 is 0 Å². The van der Waals surface area contributed by atoms with Gasteiger partial charge in [0.15, 0.2) is 0 Å². The minimum absolute atomic E-state index is 0.0997. The van der Waals surface area contributed by atoms with E-state index in [4.69, 9.17) is 5.73 Å². The van der Waals surface area contributed by atoms with Gasteiger partial charge in [0.05, 0.1) is 0 Å². The zero-order valence-electron chi connectivity index (χ0n) is 15.9. The average molecular weight is 393 g/mol. The maximum Gasteiger partial charge on any atom is -0.00738 e. The van der Waals surface area contributed by atoms with Crippen molar-refractivity contribution in [3.8, 4) is 0 Å². The van der Waals surface area contributed by atoms with Crippen LogP contribution in [0.4, 0.5) is 0 Å². The Morgan fingerprint density at radius 1 is 0.519 bits per heavy atom. The van der Waals surface area contributed by atoms with E-state index in [0.717, 1.165) is 13.0 Å². The smallest absolute Gasteiger partial charge is 0.00738 e. The molecule has 0 saturated carbocycles. The lowest BCUT2D eigenvalue weighted by Gasteiger charge is -2.22. The molecule has 1 atom stereocenters. The van der Waals surface area contributed by atoms with E-state index in [0.29, 0.717) is 0 Å². The summed E-state index contributed by atoms with van der Waals surface area (Å²) < 4.78 is 0. The quantitative estimate of drug-likeness (QED) is 0.498. The van der Waals surface area contributed by atoms with Crippen LogP contribution in [0.5, 0.6) is 0 Å². The molecule has 3 aromatic carbocycles. The molecule has 0 spiro atoms. The number of hydrogen-bond acceptors (Lipinski definition) is 1. The maximum absolute atomic E-state index is 5.80. The molecule has 1 nitrogen and oxygen atoms in total. The SMILES string of the molecule is NCCCP(CCCP(c1ccccc1)c1ccccc1)c1ccccc1. The van der Waals surface area contributed by atoms with E-state index in [1.807, 2.05) is 0 Å². The molecule has 3 rings (SSSR count). The van der Waals surface area contributed by atoms with E-state index in [1.165, 1.54) is 40.8 Å². The van der Waals surface area contributed by atoms with Crippen molar-refractivity contribution in [2.75, 3.05) is 25.0 Å². The summed E-state index contributed by atoms with van der Waals surface area (Å²) in [6.45, 7) is 0.798. The second-order valence-corrected chi connectivity index (χ2v) is 11.5. The van der Waals surface area contributed by atoms with E-state index in [-0.39, 0.29) is 15.8 Å². The molecule has 0 aliphatic carbocycles. The Labute approximate surface area is 166 Å². The Hall–Kier alpha value is -1.52. The van der Waals surface area contributed by atoms with Crippen LogP contribution >= 0.6 is 15.8 Å². The highest BCUT2D eigenvalue weighted by atomic mass is 31.1. The standard InChI is InChI=1S/C24H29NP2/c25-18-10-19-26(22-12-4-1-5-13-22)20-11-21-27(23-14-6-2-7-15-23)24-16-8-3-9-17-24/h1-9,12-17H,10-11,18-21,25H2. The summed E-state index contributed by atoms with van der Waals surface area (Å²) in [6, 6.07) is 33.2. The summed E-state index contributed by atoms with van der Waals surface area (Å²) in [5.41, 5.74) is 5.80. The lowest BCUT2D eigenvalue weighted by Crippen LogP contribution is -2.15. The molecule has 3 heteroatoms. The monoisotopic (exact) mass is 393 g/mol. The molecule has 0 aliphatic rings. The zero-order valence-corrected chi connectivity index (χ0v) is 17.7. The topological polar surface area (TPSA) is 26.0 Å². The highest BCUT2D eigenvalue weighted by molar-refractivity contribution is 7.73. The summed E-state index contributed by atoms with van der Waals surface area (Å²) in [6.07, 6.45) is 6.23. The molecule has 0 radical (unpaired) electrons. The van der Waals surface area contributed by atoms with E-state index < -0.39 is 0 Å². The average Bonchev–Trinajstić information content (AvgIpc) is 2.75. The van der Waals surface area contributed by atoms with Crippen molar-refractivity contribution in [3.05, 3.63) is 91.0 Å². The Morgan fingerprint density at radius 2 is 0.963 bits per heavy atom. The van der Waals surface area contributed by atoms with Crippen LogP contribution < -0.4 is 21.6 Å². The molecule has 27 heavy (non-hydrogen) atoms. The van der Waals surface area contributed by atoms with Crippen molar-refractivity contribution in [1.29, 1.82) is 0 Å². The van der Waals surface area contributed by atoms with Gasteiger partial charge in [-0.05, 0) is 61.7 Å². The number of benzene rings is 3. The van der Waals surface area contributed by atoms with Crippen molar-refractivity contribution >= 4 is 31.8 Å². The van der Waals surface area contributed by atoms with Crippen molar-refractivity contribution < 1.29 is 0 Å². The first-order valence-electron chi connectivity index (χ1n) is 9.76. The van der Waals surface area contributed by atoms with Gasteiger partial charge in [0.1, 0.15) is 0 Å². The minimum Gasteiger partial charge on any atom is -0.330 e. The van der Waals surface area contributed by atoms with Crippen molar-refractivity contribution in [1.82, 2.24) is 0 Å². The summed E-state index contributed by atoms with van der Waals surface area (Å²) in [5, 5.41) is 4.51. The predicted octanol–water partition coefficient (Wildman–Crippen LogP) is 4.67. The van der Waals surface area contributed by atoms with E-state index in [9.17, 15) is 0 Å². The third kappa shape index (κ3) is 6.25. The van der Waals surface area contributed by atoms with Gasteiger partial charge in [0.2, 0.25) is 0 Å². The predicted molar refractivity (Wildman–Crippen MR) is 125 cm³/mol. The van der Waals surface area contributed by atoms with Crippen LogP contribution in [-0.2, 0) is 0 Å². The van der Waals surface area contributed by atoms with Crippen LogP contribution in [0.15, 0.2) is 91.0 Å². The molecule has 0 heterocycles. The van der Waals surface area contributed by atoms with Crippen molar-refractivity contribution in [2.45, 2.75) is 12.8 Å². The van der Waals surface area contributed by atoms with Crippen LogP contribution in [0.3, 0.4) is 0 Å². The van der Waals surface area contributed by atoms with Gasteiger partial charge in [-0.1, -0.05) is 98.9 Å². The maximum atomic E-state index is 5.80. The zero-order chi connectivity index (χ0) is 18.7. The third-order valence-electron chi connectivity index (χ3n) is 4.70. The first-order valence-corrected chi connectivity index (χ1v) is 13.0. The molecule has 0 fully saturated rings. The minimum atomic E-state index is -0.278. The Bertz CT molecular complexity index is 723. The summed E-state index contributed by atoms with van der Waals surface area (Å²) in [7, 11) is -0.377. The van der Waals surface area contributed by atoms with Gasteiger partial charge in [-0.2, -0.15) is 0 Å². The second kappa shape index (κ2) is 11.4. The number of nitrogens with two attached hydrogens (primary N) is 1. The number of hydrogen-bond donors (Lipinski definition) is 1. The van der Waals surface area contributed by atoms with Crippen LogP contribution in [0, 0.1) is 0 Å². The summed E-state index contributed by atoms with van der Waals surface area (Å²) in [5.74, 6) is 0. The fourth-order valence-corrected chi connectivity index (χ4v) is 8.37. The van der Waals surface area contributed by atoms with Crippen LogP contribution in [-0.4, -0.2) is 25.0 Å². The fourth-order valence-electron chi connectivity index (χ4n) is 3.33. The van der Waals surface area contributed by atoms with Gasteiger partial charge in [-0.3, -0.25) is 0 Å². The molecule has 1 unspecified atom stereocenters. The summed E-state index contributed by atoms with van der Waals surface area (Å²) >= 11 is 0. The first-order chi connectivity index (χ1) is 13.4. The number of rotatable bonds is 10. The van der Waals surface area contributed by atoms with Gasteiger partial charge < -0.3 is 5.73 Å². The summed E-state index contributed by atoms with van der Waals surface area (Å²) in [4.78, 5) is 0. The molecule has 0 aliphatic heterocycles. The Kier molecular flexibility index (Phi) is 8.50. The lowest BCUT2D eigenvalue weighted by molar-refractivity contribution is 0.935. The van der Waals surface area contributed by atoms with Gasteiger partial charge in [-0.25, -0.2) is 0 Å². The molecule has 0 saturated heterocycles. The normalized spacial score (nSPS) is 12.2. The van der Waals surface area contributed by atoms with Crippen molar-refractivity contribution in [3.63, 3.8) is 0 Å². The van der Waals surface area contributed by atoms with E-state index in [1.54, 1.807) is 0 Å². The second-order valence-electron chi connectivity index (χ2n) is 6.64. The lowest BCUT2D eigenvalue weighted by atomic mass is 10.4. The van der Waals surface area contributed by atoms with Crippen LogP contribution in [0.2, 0.25) is 0 Å². The largest absolute Gasteiger partial charge is 0.330 e. The van der Waals surface area contributed by atoms with Crippen LogP contribution in [0.1, 0.15) is 12.8 Å². The Balaban J connectivity index is 1.69. The molecule has 3 aromatic rings. The molecule has 0 bridgehead atoms. The van der Waals surface area contributed by atoms with Crippen molar-refractivity contribution in [2.24, 2.45) is 5.73 Å². The third-order valence-corrected chi connectivity index (χ3v) is 10.0. The Morgan fingerprint density at radius 3 is 1.44 bits per heavy atom.